The zero-order valence-corrected chi connectivity index (χ0v) is 19.6. The van der Waals surface area contributed by atoms with E-state index in [-0.39, 0.29) is 36.3 Å². The van der Waals surface area contributed by atoms with Crippen molar-refractivity contribution in [2.75, 3.05) is 13.1 Å². The molecule has 0 aliphatic carbocycles. The summed E-state index contributed by atoms with van der Waals surface area (Å²) in [4.78, 5) is 31.1. The second kappa shape index (κ2) is 10.1. The van der Waals surface area contributed by atoms with Gasteiger partial charge in [0.25, 0.3) is 0 Å². The predicted octanol–water partition coefficient (Wildman–Crippen LogP) is 5.31. The molecule has 3 aromatic rings. The molecule has 2 heterocycles. The van der Waals surface area contributed by atoms with Gasteiger partial charge in [-0.2, -0.15) is 0 Å². The van der Waals surface area contributed by atoms with Gasteiger partial charge in [-0.05, 0) is 66.6 Å². The van der Waals surface area contributed by atoms with E-state index in [1.165, 1.54) is 23.1 Å². The van der Waals surface area contributed by atoms with Crippen LogP contribution in [0.25, 0.3) is 6.08 Å². The first-order valence-electron chi connectivity index (χ1n) is 11.1. The van der Waals surface area contributed by atoms with Crippen LogP contribution >= 0.6 is 11.3 Å². The topological polar surface area (TPSA) is 40.6 Å². The molecule has 0 saturated heterocycles. The molecule has 2 aromatic carbocycles. The summed E-state index contributed by atoms with van der Waals surface area (Å²) in [6.07, 6.45) is 4.06. The second-order valence-electron chi connectivity index (χ2n) is 8.39. The SMILES string of the molecule is CC(C)N(CC(=O)N1CCc2sccc2C1c1ccc(F)cc1)C(=O)/C=C/c1ccccc1. The summed E-state index contributed by atoms with van der Waals surface area (Å²) >= 11 is 1.68. The monoisotopic (exact) mass is 462 g/mol. The Hall–Kier alpha value is -3.25. The van der Waals surface area contributed by atoms with Crippen LogP contribution in [0.4, 0.5) is 4.39 Å². The standard InChI is InChI=1S/C27H27FN2O2S/c1-19(2)30(25(31)13-8-20-6-4-3-5-7-20)18-26(32)29-16-14-24-23(15-17-33-24)27(29)21-9-11-22(28)12-10-21/h3-13,15,17,19,27H,14,16,18H2,1-2H3/b13-8+. The molecule has 0 fully saturated rings. The maximum absolute atomic E-state index is 13.6. The van der Waals surface area contributed by atoms with Crippen LogP contribution in [0, 0.1) is 5.82 Å². The number of benzene rings is 2. The van der Waals surface area contributed by atoms with Crippen LogP contribution < -0.4 is 0 Å². The first-order chi connectivity index (χ1) is 15.9. The normalized spacial score (nSPS) is 15.6. The Kier molecular flexibility index (Phi) is 7.04. The highest BCUT2D eigenvalue weighted by atomic mass is 32.1. The van der Waals surface area contributed by atoms with Gasteiger partial charge in [0, 0.05) is 23.5 Å². The molecule has 1 unspecified atom stereocenters. The van der Waals surface area contributed by atoms with Gasteiger partial charge in [-0.1, -0.05) is 42.5 Å². The lowest BCUT2D eigenvalue weighted by Crippen LogP contribution is -2.48. The van der Waals surface area contributed by atoms with Crippen LogP contribution in [0.2, 0.25) is 0 Å². The number of fused-ring (bicyclic) bond motifs is 1. The van der Waals surface area contributed by atoms with Gasteiger partial charge in [-0.25, -0.2) is 4.39 Å². The minimum Gasteiger partial charge on any atom is -0.330 e. The lowest BCUT2D eigenvalue weighted by molar-refractivity contribution is -0.140. The van der Waals surface area contributed by atoms with Gasteiger partial charge in [0.15, 0.2) is 0 Å². The van der Waals surface area contributed by atoms with E-state index in [0.29, 0.717) is 6.54 Å². The van der Waals surface area contributed by atoms with Crippen LogP contribution in [0.1, 0.15) is 41.5 Å². The molecule has 170 valence electrons. The third-order valence-corrected chi connectivity index (χ3v) is 6.90. The molecule has 0 N–H and O–H groups in total. The first-order valence-corrected chi connectivity index (χ1v) is 12.0. The van der Waals surface area contributed by atoms with Gasteiger partial charge < -0.3 is 9.80 Å². The minimum atomic E-state index is -0.306. The van der Waals surface area contributed by atoms with Crippen LogP contribution in [0.5, 0.6) is 0 Å². The van der Waals surface area contributed by atoms with Crippen molar-refractivity contribution < 1.29 is 14.0 Å². The van der Waals surface area contributed by atoms with Crippen molar-refractivity contribution >= 4 is 29.2 Å². The van der Waals surface area contributed by atoms with Gasteiger partial charge >= 0.3 is 0 Å². The molecule has 0 bridgehead atoms. The molecule has 6 heteroatoms. The number of carbonyl (C=O) groups excluding carboxylic acids is 2. The average molecular weight is 463 g/mol. The number of nitrogens with zero attached hydrogens (tertiary/aromatic N) is 2. The Morgan fingerprint density at radius 3 is 2.55 bits per heavy atom. The Morgan fingerprint density at radius 1 is 1.12 bits per heavy atom. The maximum atomic E-state index is 13.6. The number of hydrogen-bond donors (Lipinski definition) is 0. The van der Waals surface area contributed by atoms with Crippen LogP contribution in [-0.4, -0.2) is 40.7 Å². The summed E-state index contributed by atoms with van der Waals surface area (Å²) in [7, 11) is 0. The minimum absolute atomic E-state index is 0.00715. The number of thiophene rings is 1. The lowest BCUT2D eigenvalue weighted by atomic mass is 9.93. The smallest absolute Gasteiger partial charge is 0.247 e. The maximum Gasteiger partial charge on any atom is 0.247 e. The van der Waals surface area contributed by atoms with E-state index in [1.807, 2.05) is 60.5 Å². The van der Waals surface area contributed by atoms with Gasteiger partial charge in [0.1, 0.15) is 12.4 Å². The van der Waals surface area contributed by atoms with Crippen molar-refractivity contribution in [3.05, 3.63) is 99.5 Å². The van der Waals surface area contributed by atoms with Crippen LogP contribution in [0.3, 0.4) is 0 Å². The van der Waals surface area contributed by atoms with E-state index in [0.717, 1.165) is 23.1 Å². The highest BCUT2D eigenvalue weighted by Crippen LogP contribution is 2.38. The summed E-state index contributed by atoms with van der Waals surface area (Å²) in [5.41, 5.74) is 2.88. The van der Waals surface area contributed by atoms with Crippen molar-refractivity contribution in [1.29, 1.82) is 0 Å². The number of hydrogen-bond acceptors (Lipinski definition) is 3. The Morgan fingerprint density at radius 2 is 1.85 bits per heavy atom. The molecule has 1 atom stereocenters. The van der Waals surface area contributed by atoms with E-state index < -0.39 is 0 Å². The van der Waals surface area contributed by atoms with Gasteiger partial charge in [-0.15, -0.1) is 11.3 Å². The molecule has 4 rings (SSSR count). The van der Waals surface area contributed by atoms with Crippen molar-refractivity contribution in [3.63, 3.8) is 0 Å². The largest absolute Gasteiger partial charge is 0.330 e. The Bertz CT molecular complexity index is 1140. The summed E-state index contributed by atoms with van der Waals surface area (Å²) in [6.45, 7) is 4.37. The number of carbonyl (C=O) groups is 2. The van der Waals surface area contributed by atoms with Gasteiger partial charge in [-0.3, -0.25) is 9.59 Å². The number of halogens is 1. The average Bonchev–Trinajstić information content (AvgIpc) is 3.30. The molecule has 2 amide bonds. The highest BCUT2D eigenvalue weighted by Gasteiger charge is 2.34. The predicted molar refractivity (Wildman–Crippen MR) is 130 cm³/mol. The fourth-order valence-electron chi connectivity index (χ4n) is 4.17. The molecule has 33 heavy (non-hydrogen) atoms. The second-order valence-corrected chi connectivity index (χ2v) is 9.39. The molecule has 1 aliphatic rings. The first kappa shape index (κ1) is 22.9. The number of rotatable bonds is 6. The molecule has 1 aliphatic heterocycles. The van der Waals surface area contributed by atoms with E-state index in [1.54, 1.807) is 34.4 Å². The fraction of sp³-hybridized carbons (Fsp3) is 0.259. The Balaban J connectivity index is 1.56. The lowest BCUT2D eigenvalue weighted by Gasteiger charge is -2.38. The third-order valence-electron chi connectivity index (χ3n) is 5.90. The highest BCUT2D eigenvalue weighted by molar-refractivity contribution is 7.10. The Labute approximate surface area is 198 Å². The fourth-order valence-corrected chi connectivity index (χ4v) is 5.07. The third kappa shape index (κ3) is 5.22. The van der Waals surface area contributed by atoms with Gasteiger partial charge in [0.05, 0.1) is 6.04 Å². The molecule has 1 aromatic heterocycles. The molecule has 4 nitrogen and oxygen atoms in total. The molecule has 0 radical (unpaired) electrons. The molecule has 0 saturated carbocycles. The summed E-state index contributed by atoms with van der Waals surface area (Å²) in [6, 6.07) is 17.6. The summed E-state index contributed by atoms with van der Waals surface area (Å²) in [5, 5.41) is 2.04. The van der Waals surface area contributed by atoms with E-state index >= 15 is 0 Å². The van der Waals surface area contributed by atoms with Gasteiger partial charge in [0.2, 0.25) is 11.8 Å². The van der Waals surface area contributed by atoms with Crippen molar-refractivity contribution in [2.24, 2.45) is 0 Å². The van der Waals surface area contributed by atoms with E-state index in [4.69, 9.17) is 0 Å². The van der Waals surface area contributed by atoms with Crippen molar-refractivity contribution in [1.82, 2.24) is 9.80 Å². The van der Waals surface area contributed by atoms with E-state index in [9.17, 15) is 14.0 Å². The summed E-state index contributed by atoms with van der Waals surface area (Å²) < 4.78 is 13.6. The molecular formula is C27H27FN2O2S. The number of amides is 2. The zero-order chi connectivity index (χ0) is 23.4. The summed E-state index contributed by atoms with van der Waals surface area (Å²) in [5.74, 6) is -0.620. The molecule has 0 spiro atoms. The molecular weight excluding hydrogens is 435 g/mol. The van der Waals surface area contributed by atoms with Crippen LogP contribution in [0.15, 0.2) is 72.1 Å². The van der Waals surface area contributed by atoms with Crippen LogP contribution in [-0.2, 0) is 16.0 Å². The van der Waals surface area contributed by atoms with Crippen molar-refractivity contribution in [3.8, 4) is 0 Å². The quantitative estimate of drug-likeness (QED) is 0.466. The van der Waals surface area contributed by atoms with E-state index in [2.05, 4.69) is 0 Å². The van der Waals surface area contributed by atoms with Crippen molar-refractivity contribution in [2.45, 2.75) is 32.4 Å². The zero-order valence-electron chi connectivity index (χ0n) is 18.8.